The first-order valence-electron chi connectivity index (χ1n) is 10.6. The number of para-hydroxylation sites is 1. The summed E-state index contributed by atoms with van der Waals surface area (Å²) in [5.41, 5.74) is 5.30. The summed E-state index contributed by atoms with van der Waals surface area (Å²) in [6, 6.07) is 16.5. The molecule has 7 heteroatoms. The van der Waals surface area contributed by atoms with Crippen molar-refractivity contribution in [3.05, 3.63) is 70.1 Å². The van der Waals surface area contributed by atoms with E-state index in [4.69, 9.17) is 4.98 Å². The van der Waals surface area contributed by atoms with E-state index in [2.05, 4.69) is 36.2 Å². The maximum Gasteiger partial charge on any atom is 0.256 e. The number of hydrogen-bond donors (Lipinski definition) is 1. The highest BCUT2D eigenvalue weighted by Gasteiger charge is 2.28. The largest absolute Gasteiger partial charge is 0.313 e. The van der Waals surface area contributed by atoms with Crippen molar-refractivity contribution < 1.29 is 4.79 Å². The van der Waals surface area contributed by atoms with Crippen molar-refractivity contribution >= 4 is 56.2 Å². The fourth-order valence-electron chi connectivity index (χ4n) is 4.04. The van der Waals surface area contributed by atoms with Gasteiger partial charge in [0.2, 0.25) is 0 Å². The molecule has 166 valence electrons. The van der Waals surface area contributed by atoms with E-state index in [-0.39, 0.29) is 18.3 Å². The molecule has 0 radical (unpaired) electrons. The predicted octanol–water partition coefficient (Wildman–Crippen LogP) is 6.77. The molecule has 1 aliphatic rings. The first kappa shape index (κ1) is 22.9. The van der Waals surface area contributed by atoms with Gasteiger partial charge in [0.15, 0.2) is 0 Å². The van der Waals surface area contributed by atoms with Crippen LogP contribution in [0.1, 0.15) is 40.2 Å². The van der Waals surface area contributed by atoms with E-state index in [1.807, 2.05) is 43.3 Å². The lowest BCUT2D eigenvalue weighted by Gasteiger charge is -2.30. The minimum absolute atomic E-state index is 0. The van der Waals surface area contributed by atoms with Crippen LogP contribution in [-0.2, 0) is 13.0 Å². The number of anilines is 1. The minimum Gasteiger partial charge on any atom is -0.313 e. The lowest BCUT2D eigenvalue weighted by atomic mass is 10.0. The molecule has 0 saturated carbocycles. The number of nitrogens with one attached hydrogen (secondary N) is 1. The molecule has 0 fully saturated rings. The second kappa shape index (κ2) is 9.32. The molecule has 0 bridgehead atoms. The van der Waals surface area contributed by atoms with Crippen LogP contribution in [0.25, 0.3) is 20.8 Å². The maximum atomic E-state index is 13.0. The third-order valence-corrected chi connectivity index (χ3v) is 8.05. The summed E-state index contributed by atoms with van der Waals surface area (Å²) in [4.78, 5) is 21.8. The molecule has 0 saturated heterocycles. The summed E-state index contributed by atoms with van der Waals surface area (Å²) in [5, 5.41) is 5.13. The van der Waals surface area contributed by atoms with Gasteiger partial charge in [0.1, 0.15) is 10.0 Å². The predicted molar refractivity (Wildman–Crippen MR) is 139 cm³/mol. The van der Waals surface area contributed by atoms with Gasteiger partial charge in [-0.2, -0.15) is 0 Å². The summed E-state index contributed by atoms with van der Waals surface area (Å²) in [6.07, 6.45) is 0.982. The molecule has 1 amide bonds. The number of thiazole rings is 1. The lowest BCUT2D eigenvalue weighted by molar-refractivity contribution is 0.102. The number of hydrogen-bond acceptors (Lipinski definition) is 5. The summed E-state index contributed by atoms with van der Waals surface area (Å²) in [5.74, 6) is -0.0679. The summed E-state index contributed by atoms with van der Waals surface area (Å²) in [7, 11) is 0. The summed E-state index contributed by atoms with van der Waals surface area (Å²) in [6.45, 7) is 8.47. The second-order valence-electron chi connectivity index (χ2n) is 8.33. The Morgan fingerprint density at radius 1 is 1.09 bits per heavy atom. The molecule has 0 atom stereocenters. The topological polar surface area (TPSA) is 45.2 Å². The van der Waals surface area contributed by atoms with Crippen LogP contribution in [0.2, 0.25) is 0 Å². The molecule has 5 rings (SSSR count). The highest BCUT2D eigenvalue weighted by Crippen LogP contribution is 2.46. The van der Waals surface area contributed by atoms with Crippen LogP contribution in [-0.4, -0.2) is 28.4 Å². The third-order valence-electron chi connectivity index (χ3n) is 5.87. The quantitative estimate of drug-likeness (QED) is 0.348. The molecular formula is C25H26ClN3OS2. The zero-order valence-corrected chi connectivity index (χ0v) is 20.8. The van der Waals surface area contributed by atoms with E-state index in [1.165, 1.54) is 15.1 Å². The van der Waals surface area contributed by atoms with Crippen molar-refractivity contribution in [2.75, 3.05) is 11.9 Å². The highest BCUT2D eigenvalue weighted by molar-refractivity contribution is 7.23. The van der Waals surface area contributed by atoms with Crippen molar-refractivity contribution in [3.63, 3.8) is 0 Å². The Kier molecular flexibility index (Phi) is 6.67. The first-order chi connectivity index (χ1) is 15.0. The molecule has 1 aliphatic heterocycles. The van der Waals surface area contributed by atoms with E-state index < -0.39 is 0 Å². The van der Waals surface area contributed by atoms with Gasteiger partial charge in [-0.3, -0.25) is 9.69 Å². The summed E-state index contributed by atoms with van der Waals surface area (Å²) >= 11 is 3.41. The Hall–Kier alpha value is -2.25. The van der Waals surface area contributed by atoms with Gasteiger partial charge in [0, 0.05) is 35.1 Å². The number of aryl methyl sites for hydroxylation is 1. The van der Waals surface area contributed by atoms with E-state index in [0.29, 0.717) is 11.6 Å². The van der Waals surface area contributed by atoms with E-state index in [9.17, 15) is 4.79 Å². The Morgan fingerprint density at radius 3 is 2.56 bits per heavy atom. The number of aromatic nitrogens is 1. The first-order valence-corrected chi connectivity index (χ1v) is 12.3. The number of rotatable bonds is 4. The normalized spacial score (nSPS) is 13.8. The average Bonchev–Trinajstić information content (AvgIpc) is 3.33. The molecule has 2 aromatic heterocycles. The Balaban J connectivity index is 0.00000245. The lowest BCUT2D eigenvalue weighted by Crippen LogP contribution is -2.35. The number of nitrogens with zero attached hydrogens (tertiary/aromatic N) is 2. The zero-order chi connectivity index (χ0) is 21.5. The van der Waals surface area contributed by atoms with Crippen molar-refractivity contribution in [2.24, 2.45) is 0 Å². The number of carbonyl (C=O) groups excluding carboxylic acids is 1. The monoisotopic (exact) mass is 483 g/mol. The molecule has 3 heterocycles. The fourth-order valence-corrected chi connectivity index (χ4v) is 6.42. The van der Waals surface area contributed by atoms with Gasteiger partial charge in [-0.1, -0.05) is 29.8 Å². The van der Waals surface area contributed by atoms with Crippen LogP contribution in [0.15, 0.2) is 48.5 Å². The van der Waals surface area contributed by atoms with Gasteiger partial charge in [-0.05, 0) is 57.0 Å². The van der Waals surface area contributed by atoms with Crippen molar-refractivity contribution in [1.29, 1.82) is 0 Å². The molecular weight excluding hydrogens is 458 g/mol. The average molecular weight is 484 g/mol. The van der Waals surface area contributed by atoms with Crippen molar-refractivity contribution in [2.45, 2.75) is 39.8 Å². The van der Waals surface area contributed by atoms with Crippen LogP contribution < -0.4 is 5.32 Å². The number of benzene rings is 2. The SMILES string of the molecule is Cc1ccc(C(=O)Nc2sc3c(c2-c2nc4ccccc4s2)CCN(C(C)C)C3)cc1.Cl. The van der Waals surface area contributed by atoms with Crippen molar-refractivity contribution in [3.8, 4) is 10.6 Å². The van der Waals surface area contributed by atoms with E-state index >= 15 is 0 Å². The van der Waals surface area contributed by atoms with Gasteiger partial charge in [-0.15, -0.1) is 35.1 Å². The molecule has 2 aromatic carbocycles. The molecule has 0 spiro atoms. The number of fused-ring (bicyclic) bond motifs is 2. The smallest absolute Gasteiger partial charge is 0.256 e. The maximum absolute atomic E-state index is 13.0. The number of thiophene rings is 1. The van der Waals surface area contributed by atoms with Crippen molar-refractivity contribution in [1.82, 2.24) is 9.88 Å². The van der Waals surface area contributed by atoms with E-state index in [0.717, 1.165) is 46.2 Å². The summed E-state index contributed by atoms with van der Waals surface area (Å²) < 4.78 is 1.17. The minimum atomic E-state index is -0.0679. The Labute approximate surface area is 202 Å². The molecule has 4 aromatic rings. The van der Waals surface area contributed by atoms with Gasteiger partial charge in [-0.25, -0.2) is 4.98 Å². The fraction of sp³-hybridized carbons (Fsp3) is 0.280. The third kappa shape index (κ3) is 4.33. The van der Waals surface area contributed by atoms with Gasteiger partial charge in [0.25, 0.3) is 5.91 Å². The number of halogens is 1. The van der Waals surface area contributed by atoms with Crippen LogP contribution >= 0.6 is 35.1 Å². The standard InChI is InChI=1S/C25H25N3OS2.ClH/c1-15(2)28-13-12-18-21(14-28)31-25(27-23(29)17-10-8-16(3)9-11-17)22(18)24-26-19-6-4-5-7-20(19)30-24;/h4-11,15H,12-14H2,1-3H3,(H,27,29);1H. The molecule has 4 nitrogen and oxygen atoms in total. The van der Waals surface area contributed by atoms with Crippen LogP contribution in [0, 0.1) is 6.92 Å². The molecule has 0 unspecified atom stereocenters. The molecule has 32 heavy (non-hydrogen) atoms. The molecule has 1 N–H and O–H groups in total. The van der Waals surface area contributed by atoms with Crippen LogP contribution in [0.5, 0.6) is 0 Å². The zero-order valence-electron chi connectivity index (χ0n) is 18.3. The Morgan fingerprint density at radius 2 is 1.84 bits per heavy atom. The number of carbonyl (C=O) groups is 1. The van der Waals surface area contributed by atoms with Crippen LogP contribution in [0.3, 0.4) is 0 Å². The molecule has 0 aliphatic carbocycles. The van der Waals surface area contributed by atoms with Crippen LogP contribution in [0.4, 0.5) is 5.00 Å². The van der Waals surface area contributed by atoms with Gasteiger partial charge >= 0.3 is 0 Å². The van der Waals surface area contributed by atoms with Gasteiger partial charge in [0.05, 0.1) is 10.2 Å². The Bertz CT molecular complexity index is 1230. The van der Waals surface area contributed by atoms with Gasteiger partial charge < -0.3 is 5.32 Å². The second-order valence-corrected chi connectivity index (χ2v) is 10.5. The highest BCUT2D eigenvalue weighted by atomic mass is 35.5. The number of amides is 1. The van der Waals surface area contributed by atoms with E-state index in [1.54, 1.807) is 22.7 Å².